The van der Waals surface area contributed by atoms with E-state index in [1.54, 1.807) is 0 Å². The molecular weight excluding hydrogens is 194 g/mol. The molecule has 1 fully saturated rings. The van der Waals surface area contributed by atoms with Crippen molar-refractivity contribution in [3.05, 3.63) is 0 Å². The molecular formula is C11H19NOS. The van der Waals surface area contributed by atoms with Gasteiger partial charge in [0.15, 0.2) is 0 Å². The predicted octanol–water partition coefficient (Wildman–Crippen LogP) is 1.10. The minimum Gasteiger partial charge on any atom is -0.395 e. The molecule has 0 radical (unpaired) electrons. The van der Waals surface area contributed by atoms with E-state index in [1.165, 1.54) is 17.9 Å². The molecule has 1 saturated heterocycles. The first-order valence-electron chi connectivity index (χ1n) is 5.18. The van der Waals surface area contributed by atoms with Crippen molar-refractivity contribution in [1.82, 2.24) is 5.32 Å². The third kappa shape index (κ3) is 4.36. The van der Waals surface area contributed by atoms with Crippen LogP contribution in [-0.4, -0.2) is 35.8 Å². The quantitative estimate of drug-likeness (QED) is 0.671. The van der Waals surface area contributed by atoms with Gasteiger partial charge in [0.05, 0.1) is 6.61 Å². The van der Waals surface area contributed by atoms with Crippen molar-refractivity contribution in [1.29, 1.82) is 0 Å². The van der Waals surface area contributed by atoms with Crippen LogP contribution in [0.3, 0.4) is 0 Å². The molecule has 0 spiro atoms. The molecule has 80 valence electrons. The summed E-state index contributed by atoms with van der Waals surface area (Å²) in [5, 5.41) is 12.5. The second kappa shape index (κ2) is 7.17. The Morgan fingerprint density at radius 2 is 2.50 bits per heavy atom. The summed E-state index contributed by atoms with van der Waals surface area (Å²) in [6.45, 7) is 3.06. The van der Waals surface area contributed by atoms with Gasteiger partial charge in [0.2, 0.25) is 0 Å². The lowest BCUT2D eigenvalue weighted by atomic mass is 10.1. The van der Waals surface area contributed by atoms with Crippen LogP contribution in [0.15, 0.2) is 0 Å². The average molecular weight is 213 g/mol. The van der Waals surface area contributed by atoms with Gasteiger partial charge < -0.3 is 10.4 Å². The van der Waals surface area contributed by atoms with Crippen LogP contribution >= 0.6 is 11.8 Å². The van der Waals surface area contributed by atoms with E-state index in [0.29, 0.717) is 0 Å². The van der Waals surface area contributed by atoms with Crippen LogP contribution in [0, 0.1) is 17.8 Å². The highest BCUT2D eigenvalue weighted by Gasteiger charge is 2.16. The monoisotopic (exact) mass is 213 g/mol. The fourth-order valence-corrected chi connectivity index (χ4v) is 2.79. The van der Waals surface area contributed by atoms with Crippen molar-refractivity contribution in [2.75, 3.05) is 24.7 Å². The van der Waals surface area contributed by atoms with Crippen LogP contribution in [0.2, 0.25) is 0 Å². The number of hydrogen-bond donors (Lipinski definition) is 2. The molecule has 14 heavy (non-hydrogen) atoms. The van der Waals surface area contributed by atoms with E-state index in [9.17, 15) is 0 Å². The van der Waals surface area contributed by atoms with Crippen molar-refractivity contribution in [3.63, 3.8) is 0 Å². The Hall–Kier alpha value is -0.170. The first-order chi connectivity index (χ1) is 6.86. The lowest BCUT2D eigenvalue weighted by Gasteiger charge is -2.16. The summed E-state index contributed by atoms with van der Waals surface area (Å²) in [5.74, 6) is 9.21. The minimum atomic E-state index is 0.160. The van der Waals surface area contributed by atoms with Gasteiger partial charge in [-0.3, -0.25) is 0 Å². The van der Waals surface area contributed by atoms with Crippen molar-refractivity contribution >= 4 is 11.8 Å². The van der Waals surface area contributed by atoms with E-state index in [4.69, 9.17) is 5.11 Å². The van der Waals surface area contributed by atoms with Gasteiger partial charge >= 0.3 is 0 Å². The van der Waals surface area contributed by atoms with E-state index in [2.05, 4.69) is 17.2 Å². The Morgan fingerprint density at radius 1 is 1.64 bits per heavy atom. The molecule has 2 unspecified atom stereocenters. The van der Waals surface area contributed by atoms with Crippen LogP contribution < -0.4 is 5.32 Å². The van der Waals surface area contributed by atoms with Gasteiger partial charge in [-0.05, 0) is 37.3 Å². The molecule has 1 rings (SSSR count). The number of rotatable bonds is 5. The molecule has 0 bridgehead atoms. The SMILES string of the molecule is CC#CCC(CO)NCC1CCSC1. The fraction of sp³-hybridized carbons (Fsp3) is 0.818. The van der Waals surface area contributed by atoms with Crippen LogP contribution in [0.4, 0.5) is 0 Å². The topological polar surface area (TPSA) is 32.3 Å². The van der Waals surface area contributed by atoms with Gasteiger partial charge in [0.1, 0.15) is 0 Å². The Bertz CT molecular complexity index is 203. The zero-order valence-electron chi connectivity index (χ0n) is 8.75. The third-order valence-electron chi connectivity index (χ3n) is 2.46. The summed E-state index contributed by atoms with van der Waals surface area (Å²) < 4.78 is 0. The zero-order valence-corrected chi connectivity index (χ0v) is 9.57. The summed E-state index contributed by atoms with van der Waals surface area (Å²) in [7, 11) is 0. The number of hydrogen-bond acceptors (Lipinski definition) is 3. The summed E-state index contributed by atoms with van der Waals surface area (Å²) in [6.07, 6.45) is 2.07. The summed E-state index contributed by atoms with van der Waals surface area (Å²) >= 11 is 2.03. The maximum absolute atomic E-state index is 9.09. The zero-order chi connectivity index (χ0) is 10.2. The van der Waals surface area contributed by atoms with Crippen LogP contribution in [0.25, 0.3) is 0 Å². The maximum Gasteiger partial charge on any atom is 0.0593 e. The smallest absolute Gasteiger partial charge is 0.0593 e. The highest BCUT2D eigenvalue weighted by molar-refractivity contribution is 7.99. The molecule has 2 nitrogen and oxygen atoms in total. The molecule has 1 heterocycles. The summed E-state index contributed by atoms with van der Waals surface area (Å²) in [5.41, 5.74) is 0. The number of aliphatic hydroxyl groups excluding tert-OH is 1. The van der Waals surface area contributed by atoms with Gasteiger partial charge in [-0.1, -0.05) is 0 Å². The normalized spacial score (nSPS) is 22.9. The van der Waals surface area contributed by atoms with Crippen molar-refractivity contribution in [2.45, 2.75) is 25.8 Å². The molecule has 0 saturated carbocycles. The molecule has 3 heteroatoms. The van der Waals surface area contributed by atoms with Gasteiger partial charge in [0.25, 0.3) is 0 Å². The first kappa shape index (κ1) is 11.9. The standard InChI is InChI=1S/C11H19NOS/c1-2-3-4-11(8-13)12-7-10-5-6-14-9-10/h10-13H,4-9H2,1H3. The Morgan fingerprint density at radius 3 is 3.07 bits per heavy atom. The molecule has 0 aromatic carbocycles. The molecule has 0 aliphatic carbocycles. The largest absolute Gasteiger partial charge is 0.395 e. The molecule has 1 aliphatic rings. The number of thioether (sulfide) groups is 1. The molecule has 0 aromatic heterocycles. The molecule has 2 atom stereocenters. The van der Waals surface area contributed by atoms with Gasteiger partial charge in [-0.2, -0.15) is 11.8 Å². The molecule has 0 aromatic rings. The van der Waals surface area contributed by atoms with Crippen LogP contribution in [-0.2, 0) is 0 Å². The number of nitrogens with one attached hydrogen (secondary N) is 1. The number of aliphatic hydroxyl groups is 1. The van der Waals surface area contributed by atoms with Crippen LogP contribution in [0.1, 0.15) is 19.8 Å². The minimum absolute atomic E-state index is 0.160. The molecule has 1 aliphatic heterocycles. The van der Waals surface area contributed by atoms with Crippen molar-refractivity contribution in [2.24, 2.45) is 5.92 Å². The van der Waals surface area contributed by atoms with Gasteiger partial charge in [-0.15, -0.1) is 11.8 Å². The van der Waals surface area contributed by atoms with E-state index in [-0.39, 0.29) is 12.6 Å². The maximum atomic E-state index is 9.09. The summed E-state index contributed by atoms with van der Waals surface area (Å²) in [6, 6.07) is 0.160. The average Bonchev–Trinajstić information content (AvgIpc) is 2.71. The van der Waals surface area contributed by atoms with E-state index in [0.717, 1.165) is 18.9 Å². The van der Waals surface area contributed by atoms with E-state index >= 15 is 0 Å². The van der Waals surface area contributed by atoms with Gasteiger partial charge in [0, 0.05) is 12.5 Å². The fourth-order valence-electron chi connectivity index (χ4n) is 1.50. The third-order valence-corrected chi connectivity index (χ3v) is 3.70. The molecule has 0 amide bonds. The first-order valence-corrected chi connectivity index (χ1v) is 6.34. The lowest BCUT2D eigenvalue weighted by Crippen LogP contribution is -2.35. The van der Waals surface area contributed by atoms with E-state index in [1.807, 2.05) is 18.7 Å². The Kier molecular flexibility index (Phi) is 6.09. The van der Waals surface area contributed by atoms with Crippen molar-refractivity contribution < 1.29 is 5.11 Å². The second-order valence-corrected chi connectivity index (χ2v) is 4.80. The van der Waals surface area contributed by atoms with E-state index < -0.39 is 0 Å². The highest BCUT2D eigenvalue weighted by atomic mass is 32.2. The highest BCUT2D eigenvalue weighted by Crippen LogP contribution is 2.22. The lowest BCUT2D eigenvalue weighted by molar-refractivity contribution is 0.240. The molecule has 2 N–H and O–H groups in total. The van der Waals surface area contributed by atoms with Gasteiger partial charge in [-0.25, -0.2) is 0 Å². The second-order valence-electron chi connectivity index (χ2n) is 3.65. The Labute approximate surface area is 90.8 Å². The predicted molar refractivity (Wildman–Crippen MR) is 62.4 cm³/mol. The summed E-state index contributed by atoms with van der Waals surface area (Å²) in [4.78, 5) is 0. The van der Waals surface area contributed by atoms with Crippen LogP contribution in [0.5, 0.6) is 0 Å². The Balaban J connectivity index is 2.14. The van der Waals surface area contributed by atoms with Crippen molar-refractivity contribution in [3.8, 4) is 11.8 Å².